The van der Waals surface area contributed by atoms with Gasteiger partial charge in [0.1, 0.15) is 19.3 Å². The molecule has 0 saturated carbocycles. The normalized spacial score (nSPS) is 14.8. The van der Waals surface area contributed by atoms with Gasteiger partial charge in [-0.15, -0.1) is 0 Å². The minimum Gasteiger partial charge on any atom is -0.462 e. The summed E-state index contributed by atoms with van der Waals surface area (Å²) < 4.78 is 68.3. The van der Waals surface area contributed by atoms with Crippen LogP contribution < -0.4 is 0 Å². The highest BCUT2D eigenvalue weighted by atomic mass is 31.2. The molecule has 5 atom stereocenters. The molecule has 0 aliphatic heterocycles. The minimum absolute atomic E-state index is 0.0515. The Morgan fingerprint density at radius 3 is 0.930 bits per heavy atom. The quantitative estimate of drug-likeness (QED) is 0.0169. The zero-order chi connectivity index (χ0) is 73.2. The van der Waals surface area contributed by atoms with Gasteiger partial charge in [-0.2, -0.15) is 0 Å². The van der Waals surface area contributed by atoms with E-state index >= 15 is 0 Å². The van der Waals surface area contributed by atoms with Crippen molar-refractivity contribution < 1.29 is 80.2 Å². The Morgan fingerprint density at radius 2 is 0.570 bits per heavy atom. The number of ether oxygens (including phenoxy) is 4. The molecule has 17 nitrogen and oxygen atoms in total. The van der Waals surface area contributed by atoms with E-state index in [1.807, 2.05) is 18.2 Å². The molecule has 0 heterocycles. The van der Waals surface area contributed by atoms with E-state index in [4.69, 9.17) is 37.0 Å². The average Bonchev–Trinajstić information content (AvgIpc) is 0.966. The molecule has 0 fully saturated rings. The SMILES string of the molecule is CC/C=C\C/C=C\C/C=C\C/C=C\C/C=C\CC(=O)OCC(COP(=O)(O)OCC(O)COP(=O)(O)OCC(COC(=O)CCCCCCCC/C=C\C/C=C\C/C=C\CCCCC)OC(=O)CCCCCCC/C=C\CCCC)OC(=O)CCCCCCC/C=C\C/C=C\C/C=C\CC. The maximum Gasteiger partial charge on any atom is 0.472 e. The lowest BCUT2D eigenvalue weighted by molar-refractivity contribution is -0.161. The first-order valence-electron chi connectivity index (χ1n) is 38.1. The molecule has 0 aromatic carbocycles. The highest BCUT2D eigenvalue weighted by Gasteiger charge is 2.30. The van der Waals surface area contributed by atoms with E-state index in [1.54, 1.807) is 6.08 Å². The Hall–Kier alpha value is -5.06. The Morgan fingerprint density at radius 1 is 0.300 bits per heavy atom. The van der Waals surface area contributed by atoms with E-state index in [0.29, 0.717) is 25.7 Å². The number of aliphatic hydroxyl groups excluding tert-OH is 1. The van der Waals surface area contributed by atoms with Crippen molar-refractivity contribution in [3.05, 3.63) is 146 Å². The number of unbranched alkanes of at least 4 members (excludes halogenated alkanes) is 21. The van der Waals surface area contributed by atoms with Gasteiger partial charge in [0.25, 0.3) is 0 Å². The van der Waals surface area contributed by atoms with Crippen molar-refractivity contribution in [2.24, 2.45) is 0 Å². The second-order valence-corrected chi connectivity index (χ2v) is 27.7. The highest BCUT2D eigenvalue weighted by molar-refractivity contribution is 7.47. The predicted octanol–water partition coefficient (Wildman–Crippen LogP) is 21.9. The zero-order valence-electron chi connectivity index (χ0n) is 62.1. The van der Waals surface area contributed by atoms with Crippen molar-refractivity contribution in [3.63, 3.8) is 0 Å². The van der Waals surface area contributed by atoms with E-state index < -0.39 is 97.5 Å². The Labute approximate surface area is 605 Å². The fraction of sp³-hybridized carbons (Fsp3) is 0.654. The third kappa shape index (κ3) is 71.3. The predicted molar refractivity (Wildman–Crippen MR) is 408 cm³/mol. The van der Waals surface area contributed by atoms with Gasteiger partial charge in [0.05, 0.1) is 32.8 Å². The molecule has 0 spiro atoms. The molecule has 0 aromatic rings. The van der Waals surface area contributed by atoms with Gasteiger partial charge in [-0.3, -0.25) is 37.3 Å². The lowest BCUT2D eigenvalue weighted by atomic mass is 10.1. The number of carbonyl (C=O) groups is 4. The van der Waals surface area contributed by atoms with Crippen LogP contribution in [-0.2, 0) is 65.4 Å². The van der Waals surface area contributed by atoms with Crippen LogP contribution in [-0.4, -0.2) is 96.7 Å². The highest BCUT2D eigenvalue weighted by Crippen LogP contribution is 2.45. The maximum atomic E-state index is 13.1. The molecule has 100 heavy (non-hydrogen) atoms. The van der Waals surface area contributed by atoms with Crippen molar-refractivity contribution in [2.75, 3.05) is 39.6 Å². The molecule has 570 valence electrons. The maximum absolute atomic E-state index is 13.1. The summed E-state index contributed by atoms with van der Waals surface area (Å²) in [6.45, 7) is 4.40. The molecule has 0 radical (unpaired) electrons. The van der Waals surface area contributed by atoms with Gasteiger partial charge in [-0.1, -0.05) is 263 Å². The molecule has 0 aliphatic carbocycles. The number of phosphoric acid groups is 2. The second-order valence-electron chi connectivity index (χ2n) is 24.8. The molecule has 0 bridgehead atoms. The van der Waals surface area contributed by atoms with Crippen LogP contribution in [0.4, 0.5) is 0 Å². The monoisotopic (exact) mass is 1440 g/mol. The third-order valence-electron chi connectivity index (χ3n) is 15.3. The van der Waals surface area contributed by atoms with Gasteiger partial charge in [-0.05, 0) is 141 Å². The van der Waals surface area contributed by atoms with Crippen LogP contribution in [0.15, 0.2) is 146 Å². The standard InChI is InChI=1S/C81H134O17P2/c1-5-9-13-17-21-25-29-32-35-36-37-38-41-43-47-50-54-58-62-66-79(84)91-71-76(97-80(85)67-63-59-55-51-45-28-24-20-16-12-8-4)73-95-99(87,88)93-69-75(82)70-94-100(89,90)96-74-77(98-81(86)68-64-60-56-52-48-44-40-34-31-27-23-19-15-11-7-3)72-92-78(83)65-61-57-53-49-46-42-39-33-30-26-22-18-14-10-6-2/h10-11,14-15,20-27,32-35,37-40,46,49,57,61,75-77,82H,5-9,12-13,16-19,28-31,36,41-45,47-48,50-56,58-60,62-74H2,1-4H3,(H,87,88)(H,89,90)/b14-10-,15-11-,24-20-,25-21-,26-22-,27-23-,35-32-,38-37-,39-33-,40-34-,49-46-,61-57-. The molecule has 0 amide bonds. The van der Waals surface area contributed by atoms with Crippen molar-refractivity contribution in [1.82, 2.24) is 0 Å². The lowest BCUT2D eigenvalue weighted by Crippen LogP contribution is -2.30. The van der Waals surface area contributed by atoms with Gasteiger partial charge in [0, 0.05) is 19.3 Å². The molecular weight excluding hydrogens is 1310 g/mol. The summed E-state index contributed by atoms with van der Waals surface area (Å²) >= 11 is 0. The first-order valence-corrected chi connectivity index (χ1v) is 41.1. The number of phosphoric ester groups is 2. The van der Waals surface area contributed by atoms with Gasteiger partial charge in [-0.25, -0.2) is 9.13 Å². The van der Waals surface area contributed by atoms with Crippen LogP contribution in [0.5, 0.6) is 0 Å². The average molecular weight is 1440 g/mol. The summed E-state index contributed by atoms with van der Waals surface area (Å²) in [7, 11) is -9.99. The molecular formula is C81H134O17P2. The fourth-order valence-corrected chi connectivity index (χ4v) is 11.1. The van der Waals surface area contributed by atoms with Crippen LogP contribution in [0.1, 0.15) is 285 Å². The summed E-state index contributed by atoms with van der Waals surface area (Å²) in [5.74, 6) is -2.37. The Bertz CT molecular complexity index is 2470. The van der Waals surface area contributed by atoms with Crippen molar-refractivity contribution in [2.45, 2.75) is 303 Å². The molecule has 0 saturated heterocycles. The number of hydrogen-bond donors (Lipinski definition) is 3. The van der Waals surface area contributed by atoms with Gasteiger partial charge in [0.15, 0.2) is 12.2 Å². The van der Waals surface area contributed by atoms with Gasteiger partial charge >= 0.3 is 39.5 Å². The number of allylic oxidation sites excluding steroid dienone is 23. The van der Waals surface area contributed by atoms with E-state index in [1.165, 1.54) is 32.1 Å². The zero-order valence-corrected chi connectivity index (χ0v) is 63.9. The van der Waals surface area contributed by atoms with E-state index in [9.17, 15) is 43.2 Å². The second kappa shape index (κ2) is 72.3. The van der Waals surface area contributed by atoms with Crippen LogP contribution in [0.2, 0.25) is 0 Å². The van der Waals surface area contributed by atoms with Gasteiger partial charge in [0.2, 0.25) is 0 Å². The molecule has 5 unspecified atom stereocenters. The van der Waals surface area contributed by atoms with Crippen LogP contribution in [0.25, 0.3) is 0 Å². The molecule has 0 rings (SSSR count). The molecule has 0 aliphatic rings. The summed E-state index contributed by atoms with van der Waals surface area (Å²) in [6, 6.07) is 0. The summed E-state index contributed by atoms with van der Waals surface area (Å²) in [5, 5.41) is 10.6. The molecule has 3 N–H and O–H groups in total. The summed E-state index contributed by atoms with van der Waals surface area (Å²) in [6.07, 6.45) is 81.6. The van der Waals surface area contributed by atoms with Crippen LogP contribution in [0, 0.1) is 0 Å². The van der Waals surface area contributed by atoms with Crippen molar-refractivity contribution >= 4 is 39.5 Å². The largest absolute Gasteiger partial charge is 0.472 e. The number of esters is 4. The number of rotatable bonds is 70. The topological polar surface area (TPSA) is 237 Å². The fourth-order valence-electron chi connectivity index (χ4n) is 9.53. The molecule has 19 heteroatoms. The summed E-state index contributed by atoms with van der Waals surface area (Å²) in [5.41, 5.74) is 0. The number of carbonyl (C=O) groups excluding carboxylic acids is 4. The Kier molecular flexibility index (Phi) is 68.6. The minimum atomic E-state index is -5.00. The number of hydrogen-bond acceptors (Lipinski definition) is 15. The van der Waals surface area contributed by atoms with Crippen molar-refractivity contribution in [3.8, 4) is 0 Å². The lowest BCUT2D eigenvalue weighted by Gasteiger charge is -2.21. The van der Waals surface area contributed by atoms with Crippen LogP contribution >= 0.6 is 15.6 Å². The summed E-state index contributed by atoms with van der Waals surface area (Å²) in [4.78, 5) is 72.8. The smallest absolute Gasteiger partial charge is 0.462 e. The van der Waals surface area contributed by atoms with Crippen molar-refractivity contribution in [1.29, 1.82) is 0 Å². The first kappa shape index (κ1) is 94.9. The molecule has 0 aromatic heterocycles. The van der Waals surface area contributed by atoms with Crippen LogP contribution in [0.3, 0.4) is 0 Å². The van der Waals surface area contributed by atoms with E-state index in [-0.39, 0.29) is 25.7 Å². The third-order valence-corrected chi connectivity index (χ3v) is 17.2. The van der Waals surface area contributed by atoms with E-state index in [2.05, 4.69) is 149 Å². The van der Waals surface area contributed by atoms with Gasteiger partial charge < -0.3 is 33.8 Å². The Balaban J connectivity index is 5.41. The number of aliphatic hydroxyl groups is 1. The first-order chi connectivity index (χ1) is 48.7. The van der Waals surface area contributed by atoms with E-state index in [0.717, 1.165) is 173 Å².